The lowest BCUT2D eigenvalue weighted by Gasteiger charge is -1.96. The quantitative estimate of drug-likeness (QED) is 0.661. The molecular weight excluding hydrogens is 286 g/mol. The van der Waals surface area contributed by atoms with Crippen LogP contribution in [0.2, 0.25) is 0 Å². The van der Waals surface area contributed by atoms with E-state index >= 15 is 0 Å². The van der Waals surface area contributed by atoms with Crippen molar-refractivity contribution in [3.8, 4) is 0 Å². The van der Waals surface area contributed by atoms with Gasteiger partial charge in [-0.1, -0.05) is 28.1 Å². The van der Waals surface area contributed by atoms with Crippen molar-refractivity contribution in [2.45, 2.75) is 0 Å². The normalized spacial score (nSPS) is 10.6. The fraction of sp³-hybridized carbons (Fsp3) is 0. The Labute approximate surface area is 105 Å². The Bertz CT molecular complexity index is 578. The van der Waals surface area contributed by atoms with Crippen LogP contribution in [0.25, 0.3) is 0 Å². The van der Waals surface area contributed by atoms with E-state index in [0.717, 1.165) is 10.0 Å². The number of benzene rings is 1. The Kier molecular flexibility index (Phi) is 3.61. The number of anilines is 1. The van der Waals surface area contributed by atoms with E-state index in [-0.39, 0.29) is 0 Å². The molecule has 0 unspecified atom stereocenters. The van der Waals surface area contributed by atoms with Gasteiger partial charge >= 0.3 is 5.69 Å². The second-order valence-corrected chi connectivity index (χ2v) is 4.01. The number of aromatic amines is 1. The first-order valence-electron chi connectivity index (χ1n) is 4.70. The van der Waals surface area contributed by atoms with Crippen LogP contribution in [0.5, 0.6) is 0 Å². The van der Waals surface area contributed by atoms with E-state index in [4.69, 9.17) is 0 Å². The molecule has 1 heterocycles. The first-order chi connectivity index (χ1) is 8.24. The van der Waals surface area contributed by atoms with Crippen molar-refractivity contribution in [2.75, 3.05) is 5.43 Å². The van der Waals surface area contributed by atoms with Gasteiger partial charge in [0, 0.05) is 4.47 Å². The van der Waals surface area contributed by atoms with Gasteiger partial charge in [0.05, 0.1) is 12.4 Å². The molecule has 1 aromatic heterocycles. The Balaban J connectivity index is 2.02. The molecular formula is C10H8BrN5O. The maximum absolute atomic E-state index is 10.8. The zero-order chi connectivity index (χ0) is 12.1. The molecule has 0 aliphatic rings. The molecule has 0 saturated carbocycles. The van der Waals surface area contributed by atoms with Crippen LogP contribution in [0.3, 0.4) is 0 Å². The summed E-state index contributed by atoms with van der Waals surface area (Å²) in [4.78, 5) is 14.4. The van der Waals surface area contributed by atoms with Crippen LogP contribution in [0.1, 0.15) is 5.56 Å². The van der Waals surface area contributed by atoms with Gasteiger partial charge in [-0.15, -0.1) is 0 Å². The highest BCUT2D eigenvalue weighted by molar-refractivity contribution is 9.10. The molecule has 17 heavy (non-hydrogen) atoms. The monoisotopic (exact) mass is 293 g/mol. The average molecular weight is 294 g/mol. The lowest BCUT2D eigenvalue weighted by molar-refractivity contribution is 0.913. The number of nitrogens with one attached hydrogen (secondary N) is 2. The van der Waals surface area contributed by atoms with Gasteiger partial charge in [-0.25, -0.2) is 9.89 Å². The number of hydrazone groups is 1. The van der Waals surface area contributed by atoms with E-state index in [1.807, 2.05) is 24.3 Å². The summed E-state index contributed by atoms with van der Waals surface area (Å²) in [6.07, 6.45) is 3.00. The first kappa shape index (κ1) is 11.5. The third-order valence-corrected chi connectivity index (χ3v) is 2.36. The van der Waals surface area contributed by atoms with Crippen molar-refractivity contribution in [3.63, 3.8) is 0 Å². The van der Waals surface area contributed by atoms with Crippen molar-refractivity contribution in [2.24, 2.45) is 5.10 Å². The second-order valence-electron chi connectivity index (χ2n) is 3.09. The number of nitrogens with zero attached hydrogens (tertiary/aromatic N) is 3. The van der Waals surface area contributed by atoms with Crippen LogP contribution in [-0.4, -0.2) is 21.4 Å². The standard InChI is InChI=1S/C10H8BrN5O/c11-8-3-1-7(2-4-8)5-12-15-9-6-13-16-10(17)14-9/h1-6H,(H2,14,15,16,17)/b12-5-. The van der Waals surface area contributed by atoms with Crippen molar-refractivity contribution < 1.29 is 0 Å². The maximum atomic E-state index is 10.8. The molecule has 0 spiro atoms. The number of hydrogen-bond donors (Lipinski definition) is 2. The van der Waals surface area contributed by atoms with E-state index in [2.05, 4.69) is 41.6 Å². The molecule has 1 aromatic carbocycles. The number of halogens is 1. The Morgan fingerprint density at radius 1 is 1.35 bits per heavy atom. The maximum Gasteiger partial charge on any atom is 0.363 e. The van der Waals surface area contributed by atoms with E-state index in [9.17, 15) is 4.79 Å². The Morgan fingerprint density at radius 3 is 2.82 bits per heavy atom. The smallest absolute Gasteiger partial charge is 0.260 e. The first-order valence-corrected chi connectivity index (χ1v) is 5.50. The molecule has 0 amide bonds. The second kappa shape index (κ2) is 5.35. The van der Waals surface area contributed by atoms with Gasteiger partial charge in [0.15, 0.2) is 5.82 Å². The van der Waals surface area contributed by atoms with Crippen molar-refractivity contribution in [3.05, 3.63) is 51.0 Å². The van der Waals surface area contributed by atoms with E-state index < -0.39 is 5.69 Å². The molecule has 7 heteroatoms. The molecule has 2 N–H and O–H groups in total. The zero-order valence-electron chi connectivity index (χ0n) is 8.59. The number of hydrogen-bond acceptors (Lipinski definition) is 5. The molecule has 0 aliphatic carbocycles. The highest BCUT2D eigenvalue weighted by atomic mass is 79.9. The van der Waals surface area contributed by atoms with Crippen LogP contribution in [0.4, 0.5) is 5.82 Å². The van der Waals surface area contributed by atoms with Gasteiger partial charge in [-0.05, 0) is 17.7 Å². The van der Waals surface area contributed by atoms with Crippen LogP contribution in [0.15, 0.2) is 44.8 Å². The molecule has 0 fully saturated rings. The predicted molar refractivity (Wildman–Crippen MR) is 68.0 cm³/mol. The SMILES string of the molecule is O=c1nc(N/N=C\c2ccc(Br)cc2)cn[nH]1. The fourth-order valence-corrected chi connectivity index (χ4v) is 1.35. The van der Waals surface area contributed by atoms with Gasteiger partial charge in [0.25, 0.3) is 0 Å². The Hall–Kier alpha value is -2.02. The van der Waals surface area contributed by atoms with E-state index in [1.54, 1.807) is 6.21 Å². The van der Waals surface area contributed by atoms with Crippen LogP contribution in [-0.2, 0) is 0 Å². The molecule has 6 nitrogen and oxygen atoms in total. The minimum absolute atomic E-state index is 0.294. The minimum Gasteiger partial charge on any atom is -0.260 e. The summed E-state index contributed by atoms with van der Waals surface area (Å²) in [5, 5.41) is 9.69. The summed E-state index contributed by atoms with van der Waals surface area (Å²) in [5.41, 5.74) is 3.02. The summed E-state index contributed by atoms with van der Waals surface area (Å²) in [7, 11) is 0. The summed E-state index contributed by atoms with van der Waals surface area (Å²) in [6, 6.07) is 7.63. The average Bonchev–Trinajstić information content (AvgIpc) is 2.32. The molecule has 0 aliphatic heterocycles. The highest BCUT2D eigenvalue weighted by Gasteiger charge is 1.92. The number of H-pyrrole nitrogens is 1. The van der Waals surface area contributed by atoms with Crippen molar-refractivity contribution in [1.29, 1.82) is 0 Å². The number of aromatic nitrogens is 3. The summed E-state index contributed by atoms with van der Waals surface area (Å²) >= 11 is 3.34. The van der Waals surface area contributed by atoms with Gasteiger partial charge in [-0.2, -0.15) is 15.2 Å². The van der Waals surface area contributed by atoms with Crippen LogP contribution >= 0.6 is 15.9 Å². The van der Waals surface area contributed by atoms with Crippen molar-refractivity contribution >= 4 is 28.0 Å². The van der Waals surface area contributed by atoms with Gasteiger partial charge < -0.3 is 0 Å². The molecule has 0 radical (unpaired) electrons. The third-order valence-electron chi connectivity index (χ3n) is 1.83. The fourth-order valence-electron chi connectivity index (χ4n) is 1.09. The molecule has 0 saturated heterocycles. The number of rotatable bonds is 3. The van der Waals surface area contributed by atoms with Crippen molar-refractivity contribution in [1.82, 2.24) is 15.2 Å². The summed E-state index contributed by atoms with van der Waals surface area (Å²) in [5.74, 6) is 0.294. The van der Waals surface area contributed by atoms with Gasteiger partial charge in [-0.3, -0.25) is 5.43 Å². The third kappa shape index (κ3) is 3.49. The van der Waals surface area contributed by atoms with Crippen LogP contribution < -0.4 is 11.1 Å². The molecule has 2 aromatic rings. The minimum atomic E-state index is -0.520. The topological polar surface area (TPSA) is 83.0 Å². The lowest BCUT2D eigenvalue weighted by Crippen LogP contribution is -2.13. The molecule has 2 rings (SSSR count). The highest BCUT2D eigenvalue weighted by Crippen LogP contribution is 2.09. The molecule has 0 bridgehead atoms. The van der Waals surface area contributed by atoms with Gasteiger partial charge in [0.2, 0.25) is 0 Å². The zero-order valence-corrected chi connectivity index (χ0v) is 10.2. The Morgan fingerprint density at radius 2 is 2.12 bits per heavy atom. The lowest BCUT2D eigenvalue weighted by atomic mass is 10.2. The largest absolute Gasteiger partial charge is 0.363 e. The summed E-state index contributed by atoms with van der Waals surface area (Å²) in [6.45, 7) is 0. The van der Waals surface area contributed by atoms with E-state index in [0.29, 0.717) is 5.82 Å². The summed E-state index contributed by atoms with van der Waals surface area (Å²) < 4.78 is 1.00. The van der Waals surface area contributed by atoms with Crippen LogP contribution in [0, 0.1) is 0 Å². The molecule has 0 atom stereocenters. The molecule has 86 valence electrons. The predicted octanol–water partition coefficient (Wildman–Crippen LogP) is 1.37. The van der Waals surface area contributed by atoms with E-state index in [1.165, 1.54) is 6.20 Å². The van der Waals surface area contributed by atoms with Gasteiger partial charge in [0.1, 0.15) is 0 Å².